The van der Waals surface area contributed by atoms with E-state index in [9.17, 15) is 4.79 Å². The van der Waals surface area contributed by atoms with Gasteiger partial charge in [0.1, 0.15) is 12.2 Å². The summed E-state index contributed by atoms with van der Waals surface area (Å²) in [5, 5.41) is 4.40. The lowest BCUT2D eigenvalue weighted by Gasteiger charge is -2.33. The van der Waals surface area contributed by atoms with Crippen LogP contribution in [-0.2, 0) is 4.74 Å². The average molecular weight is 344 g/mol. The standard InChI is InChI=1S/C18H24N4O3/c1-14-11-20-22(12-14)15-5-4-8-21(13-15)18(23)16-6-3-7-19-17(16)25-10-9-24-2/h3,6-7,11-12,15H,4-5,8-10,13H2,1-2H3/t15-/m0/s1. The molecule has 2 aromatic rings. The predicted molar refractivity (Wildman–Crippen MR) is 92.7 cm³/mol. The molecule has 1 aliphatic rings. The number of carbonyl (C=O) groups is 1. The zero-order chi connectivity index (χ0) is 17.6. The number of hydrogen-bond donors (Lipinski definition) is 0. The van der Waals surface area contributed by atoms with Gasteiger partial charge in [-0.1, -0.05) is 0 Å². The van der Waals surface area contributed by atoms with Crippen LogP contribution >= 0.6 is 0 Å². The van der Waals surface area contributed by atoms with Crippen molar-refractivity contribution in [3.63, 3.8) is 0 Å². The molecule has 2 aromatic heterocycles. The number of rotatable bonds is 6. The molecule has 1 fully saturated rings. The number of piperidine rings is 1. The van der Waals surface area contributed by atoms with E-state index in [4.69, 9.17) is 9.47 Å². The zero-order valence-electron chi connectivity index (χ0n) is 14.7. The highest BCUT2D eigenvalue weighted by molar-refractivity contribution is 5.96. The van der Waals surface area contributed by atoms with E-state index in [2.05, 4.69) is 10.1 Å². The van der Waals surface area contributed by atoms with Crippen molar-refractivity contribution in [2.45, 2.75) is 25.8 Å². The molecule has 0 aliphatic carbocycles. The third-order valence-electron chi connectivity index (χ3n) is 4.32. The number of carbonyl (C=O) groups excluding carboxylic acids is 1. The molecule has 0 aromatic carbocycles. The van der Waals surface area contributed by atoms with Gasteiger partial charge in [-0.15, -0.1) is 0 Å². The summed E-state index contributed by atoms with van der Waals surface area (Å²) in [6.45, 7) is 4.22. The maximum absolute atomic E-state index is 13.0. The van der Waals surface area contributed by atoms with Gasteiger partial charge in [0.25, 0.3) is 5.91 Å². The molecule has 0 spiro atoms. The van der Waals surface area contributed by atoms with Gasteiger partial charge in [-0.2, -0.15) is 5.10 Å². The normalized spacial score (nSPS) is 17.5. The Morgan fingerprint density at radius 2 is 2.28 bits per heavy atom. The van der Waals surface area contributed by atoms with Crippen LogP contribution in [0.5, 0.6) is 5.88 Å². The second-order valence-electron chi connectivity index (χ2n) is 6.24. The molecule has 3 heterocycles. The fraction of sp³-hybridized carbons (Fsp3) is 0.500. The topological polar surface area (TPSA) is 69.5 Å². The maximum Gasteiger partial charge on any atom is 0.259 e. The molecule has 0 unspecified atom stereocenters. The van der Waals surface area contributed by atoms with E-state index in [1.54, 1.807) is 25.4 Å². The van der Waals surface area contributed by atoms with Crippen molar-refractivity contribution in [1.82, 2.24) is 19.7 Å². The monoisotopic (exact) mass is 344 g/mol. The molecule has 1 aliphatic heterocycles. The molecule has 1 atom stereocenters. The summed E-state index contributed by atoms with van der Waals surface area (Å²) in [5.41, 5.74) is 1.63. The first-order chi connectivity index (χ1) is 12.2. The van der Waals surface area contributed by atoms with Gasteiger partial charge in [0.2, 0.25) is 5.88 Å². The number of aromatic nitrogens is 3. The summed E-state index contributed by atoms with van der Waals surface area (Å²) in [4.78, 5) is 19.1. The second-order valence-corrected chi connectivity index (χ2v) is 6.24. The van der Waals surface area contributed by atoms with Crippen molar-refractivity contribution in [2.75, 3.05) is 33.4 Å². The van der Waals surface area contributed by atoms with Crippen molar-refractivity contribution in [2.24, 2.45) is 0 Å². The zero-order valence-corrected chi connectivity index (χ0v) is 14.7. The molecule has 0 radical (unpaired) electrons. The number of nitrogens with zero attached hydrogens (tertiary/aromatic N) is 4. The van der Waals surface area contributed by atoms with Gasteiger partial charge in [0.15, 0.2) is 0 Å². The minimum absolute atomic E-state index is 0.0471. The Kier molecular flexibility index (Phi) is 5.65. The summed E-state index contributed by atoms with van der Waals surface area (Å²) < 4.78 is 12.6. The lowest BCUT2D eigenvalue weighted by molar-refractivity contribution is 0.0665. The first-order valence-electron chi connectivity index (χ1n) is 8.56. The van der Waals surface area contributed by atoms with E-state index in [1.807, 2.05) is 28.9 Å². The number of ether oxygens (including phenoxy) is 2. The highest BCUT2D eigenvalue weighted by Crippen LogP contribution is 2.24. The van der Waals surface area contributed by atoms with Crippen LogP contribution < -0.4 is 4.74 Å². The van der Waals surface area contributed by atoms with Gasteiger partial charge < -0.3 is 14.4 Å². The fourth-order valence-corrected chi connectivity index (χ4v) is 3.05. The lowest BCUT2D eigenvalue weighted by atomic mass is 10.0. The number of aryl methyl sites for hydroxylation is 1. The molecule has 1 saturated heterocycles. The number of hydrogen-bond acceptors (Lipinski definition) is 5. The van der Waals surface area contributed by atoms with Gasteiger partial charge in [-0.25, -0.2) is 4.98 Å². The van der Waals surface area contributed by atoms with Crippen LogP contribution in [0.2, 0.25) is 0 Å². The summed E-state index contributed by atoms with van der Waals surface area (Å²) in [7, 11) is 1.61. The van der Waals surface area contributed by atoms with E-state index >= 15 is 0 Å². The predicted octanol–water partition coefficient (Wildman–Crippen LogP) is 2.09. The van der Waals surface area contributed by atoms with Crippen molar-refractivity contribution < 1.29 is 14.3 Å². The van der Waals surface area contributed by atoms with Gasteiger partial charge >= 0.3 is 0 Å². The van der Waals surface area contributed by atoms with Crippen molar-refractivity contribution >= 4 is 5.91 Å². The van der Waals surface area contributed by atoms with Crippen LogP contribution in [0.25, 0.3) is 0 Å². The average Bonchev–Trinajstić information content (AvgIpc) is 3.08. The van der Waals surface area contributed by atoms with Crippen LogP contribution in [-0.4, -0.2) is 59.0 Å². The van der Waals surface area contributed by atoms with Crippen LogP contribution in [0, 0.1) is 6.92 Å². The molecule has 25 heavy (non-hydrogen) atoms. The Morgan fingerprint density at radius 3 is 3.04 bits per heavy atom. The molecular formula is C18H24N4O3. The van der Waals surface area contributed by atoms with Gasteiger partial charge in [0.05, 0.1) is 18.8 Å². The highest BCUT2D eigenvalue weighted by atomic mass is 16.5. The largest absolute Gasteiger partial charge is 0.475 e. The van der Waals surface area contributed by atoms with Crippen LogP contribution in [0.1, 0.15) is 34.8 Å². The molecule has 1 amide bonds. The molecule has 0 bridgehead atoms. The number of pyridine rings is 1. The SMILES string of the molecule is COCCOc1ncccc1C(=O)N1CCC[C@H](n2cc(C)cn2)C1. The first-order valence-corrected chi connectivity index (χ1v) is 8.56. The van der Waals surface area contributed by atoms with E-state index < -0.39 is 0 Å². The van der Waals surface area contributed by atoms with Crippen molar-refractivity contribution in [3.05, 3.63) is 41.9 Å². The minimum atomic E-state index is -0.0471. The molecule has 7 heteroatoms. The van der Waals surface area contributed by atoms with Gasteiger partial charge in [-0.05, 0) is 37.5 Å². The molecule has 3 rings (SSSR count). The van der Waals surface area contributed by atoms with E-state index in [-0.39, 0.29) is 11.9 Å². The Hall–Kier alpha value is -2.41. The van der Waals surface area contributed by atoms with Gasteiger partial charge in [-0.3, -0.25) is 9.48 Å². The summed E-state index contributed by atoms with van der Waals surface area (Å²) in [6.07, 6.45) is 7.49. The summed E-state index contributed by atoms with van der Waals surface area (Å²) in [6, 6.07) is 3.73. The summed E-state index contributed by atoms with van der Waals surface area (Å²) >= 11 is 0. The third-order valence-corrected chi connectivity index (χ3v) is 4.32. The van der Waals surface area contributed by atoms with E-state index in [0.717, 1.165) is 24.9 Å². The lowest BCUT2D eigenvalue weighted by Crippen LogP contribution is -2.41. The van der Waals surface area contributed by atoms with Crippen molar-refractivity contribution in [3.8, 4) is 5.88 Å². The second kappa shape index (κ2) is 8.11. The van der Waals surface area contributed by atoms with E-state index in [0.29, 0.717) is 31.2 Å². The minimum Gasteiger partial charge on any atom is -0.475 e. The molecule has 134 valence electrons. The molecule has 0 saturated carbocycles. The van der Waals surface area contributed by atoms with Crippen molar-refractivity contribution in [1.29, 1.82) is 0 Å². The Bertz CT molecular complexity index is 716. The number of likely N-dealkylation sites (tertiary alicyclic amines) is 1. The quantitative estimate of drug-likeness (QED) is 0.751. The maximum atomic E-state index is 13.0. The molecule has 0 N–H and O–H groups in total. The highest BCUT2D eigenvalue weighted by Gasteiger charge is 2.27. The van der Waals surface area contributed by atoms with Crippen LogP contribution in [0.15, 0.2) is 30.7 Å². The molecular weight excluding hydrogens is 320 g/mol. The Labute approximate surface area is 147 Å². The third kappa shape index (κ3) is 4.17. The number of amides is 1. The smallest absolute Gasteiger partial charge is 0.259 e. The van der Waals surface area contributed by atoms with E-state index in [1.165, 1.54) is 0 Å². The molecule has 7 nitrogen and oxygen atoms in total. The van der Waals surface area contributed by atoms with Crippen LogP contribution in [0.3, 0.4) is 0 Å². The number of methoxy groups -OCH3 is 1. The first kappa shape index (κ1) is 17.4. The Balaban J connectivity index is 1.72. The summed E-state index contributed by atoms with van der Waals surface area (Å²) in [5.74, 6) is 0.315. The fourth-order valence-electron chi connectivity index (χ4n) is 3.05. The Morgan fingerprint density at radius 1 is 1.40 bits per heavy atom. The van der Waals surface area contributed by atoms with Crippen LogP contribution in [0.4, 0.5) is 0 Å². The van der Waals surface area contributed by atoms with Gasteiger partial charge in [0, 0.05) is 32.6 Å².